The Morgan fingerprint density at radius 1 is 1.15 bits per heavy atom. The van der Waals surface area contributed by atoms with Crippen LogP contribution < -0.4 is 0 Å². The van der Waals surface area contributed by atoms with Crippen molar-refractivity contribution in [3.8, 4) is 0 Å². The van der Waals surface area contributed by atoms with Crippen LogP contribution in [0, 0.1) is 4.64 Å². The molecule has 0 spiro atoms. The first kappa shape index (κ1) is 19.4. The molecule has 144 valence electrons. The first-order valence-corrected chi connectivity index (χ1v) is 10.5. The third-order valence-electron chi connectivity index (χ3n) is 4.61. The molecule has 2 aliphatic rings. The summed E-state index contributed by atoms with van der Waals surface area (Å²) in [7, 11) is -3.55. The number of carbonyl (C=O) groups excluding carboxylic acids is 1. The highest BCUT2D eigenvalue weighted by atomic mass is 32.2. The third kappa shape index (κ3) is 3.99. The number of rotatable bonds is 3. The molecule has 8 nitrogen and oxygen atoms in total. The molecule has 2 aliphatic heterocycles. The number of ether oxygens (including phenoxy) is 1. The summed E-state index contributed by atoms with van der Waals surface area (Å²) in [5.74, 6) is -0.169. The van der Waals surface area contributed by atoms with E-state index in [1.807, 2.05) is 13.8 Å². The number of H-pyrrole nitrogens is 1. The van der Waals surface area contributed by atoms with Crippen molar-refractivity contribution in [2.45, 2.75) is 26.1 Å². The molecule has 0 saturated carbocycles. The Morgan fingerprint density at radius 2 is 1.77 bits per heavy atom. The van der Waals surface area contributed by atoms with E-state index in [2.05, 4.69) is 4.98 Å². The molecule has 1 aromatic heterocycles. The molecule has 0 unspecified atom stereocenters. The van der Waals surface area contributed by atoms with E-state index in [-0.39, 0.29) is 31.2 Å². The topological polar surface area (TPSA) is 86.0 Å². The summed E-state index contributed by atoms with van der Waals surface area (Å²) in [6.45, 7) is 5.69. The first-order chi connectivity index (χ1) is 12.3. The molecule has 10 heteroatoms. The van der Waals surface area contributed by atoms with Gasteiger partial charge in [-0.2, -0.15) is 17.0 Å². The molecule has 2 atom stereocenters. The lowest BCUT2D eigenvalue weighted by Gasteiger charge is -2.40. The van der Waals surface area contributed by atoms with E-state index in [1.54, 1.807) is 23.2 Å². The molecule has 0 aromatic carbocycles. The zero-order chi connectivity index (χ0) is 18.9. The Morgan fingerprint density at radius 3 is 2.35 bits per heavy atom. The maximum absolute atomic E-state index is 12.9. The van der Waals surface area contributed by atoms with E-state index >= 15 is 0 Å². The standard InChI is InChI=1S/C16H24N4O4S2/c1-12-10-20(11-13(2)24-12)26(22,23)19-8-6-18(7-9-19)16(21)14-4-3-5-17-15(14)25/h3-5,12-13H,6-11H2,1-2H3,(H,17,25)/t12-,13-/m0/s1. The van der Waals surface area contributed by atoms with Crippen LogP contribution in [0.25, 0.3) is 0 Å². The van der Waals surface area contributed by atoms with Crippen LogP contribution in [0.4, 0.5) is 0 Å². The van der Waals surface area contributed by atoms with Crippen LogP contribution in [0.3, 0.4) is 0 Å². The van der Waals surface area contributed by atoms with Crippen LogP contribution in [0.1, 0.15) is 24.2 Å². The number of aromatic amines is 1. The van der Waals surface area contributed by atoms with Gasteiger partial charge in [-0.15, -0.1) is 0 Å². The third-order valence-corrected chi connectivity index (χ3v) is 6.92. The molecule has 3 heterocycles. The Labute approximate surface area is 158 Å². The smallest absolute Gasteiger partial charge is 0.282 e. The van der Waals surface area contributed by atoms with Crippen LogP contribution in [0.5, 0.6) is 0 Å². The van der Waals surface area contributed by atoms with Crippen molar-refractivity contribution < 1.29 is 17.9 Å². The maximum Gasteiger partial charge on any atom is 0.282 e. The lowest BCUT2D eigenvalue weighted by molar-refractivity contribution is -0.0457. The number of carbonyl (C=O) groups is 1. The highest BCUT2D eigenvalue weighted by Crippen LogP contribution is 2.19. The number of pyridine rings is 1. The number of aromatic nitrogens is 1. The van der Waals surface area contributed by atoms with Gasteiger partial charge in [0, 0.05) is 45.5 Å². The summed E-state index contributed by atoms with van der Waals surface area (Å²) in [4.78, 5) is 17.1. The minimum absolute atomic E-state index is 0.129. The Kier molecular flexibility index (Phi) is 5.78. The average Bonchev–Trinajstić information content (AvgIpc) is 2.61. The highest BCUT2D eigenvalue weighted by molar-refractivity contribution is 7.86. The van der Waals surface area contributed by atoms with Crippen LogP contribution in [0.15, 0.2) is 18.3 Å². The summed E-state index contributed by atoms with van der Waals surface area (Å²) < 4.78 is 34.8. The van der Waals surface area contributed by atoms with E-state index in [4.69, 9.17) is 17.0 Å². The van der Waals surface area contributed by atoms with Crippen LogP contribution in [-0.2, 0) is 14.9 Å². The van der Waals surface area contributed by atoms with E-state index < -0.39 is 10.2 Å². The molecule has 0 bridgehead atoms. The number of amides is 1. The molecular weight excluding hydrogens is 376 g/mol. The second kappa shape index (κ2) is 7.73. The van der Waals surface area contributed by atoms with Gasteiger partial charge in [0.2, 0.25) is 0 Å². The van der Waals surface area contributed by atoms with E-state index in [1.165, 1.54) is 8.61 Å². The van der Waals surface area contributed by atoms with Crippen molar-refractivity contribution in [1.82, 2.24) is 18.5 Å². The predicted octanol–water partition coefficient (Wildman–Crippen LogP) is 0.856. The van der Waals surface area contributed by atoms with Crippen molar-refractivity contribution in [3.05, 3.63) is 28.5 Å². The molecule has 1 aromatic rings. The maximum atomic E-state index is 12.9. The quantitative estimate of drug-likeness (QED) is 0.761. The summed E-state index contributed by atoms with van der Waals surface area (Å²) in [5.41, 5.74) is 0.439. The predicted molar refractivity (Wildman–Crippen MR) is 99.6 cm³/mol. The summed E-state index contributed by atoms with van der Waals surface area (Å²) in [6, 6.07) is 3.41. The number of morpholine rings is 1. The molecule has 1 N–H and O–H groups in total. The Hall–Kier alpha value is -1.33. The number of hydrogen-bond acceptors (Lipinski definition) is 5. The number of nitrogens with one attached hydrogen (secondary N) is 1. The van der Waals surface area contributed by atoms with Gasteiger partial charge in [0.15, 0.2) is 0 Å². The van der Waals surface area contributed by atoms with Crippen LogP contribution in [-0.4, -0.2) is 84.3 Å². The minimum atomic E-state index is -3.55. The molecule has 0 radical (unpaired) electrons. The summed E-state index contributed by atoms with van der Waals surface area (Å²) in [5, 5.41) is 0. The van der Waals surface area contributed by atoms with Gasteiger partial charge in [-0.25, -0.2) is 0 Å². The zero-order valence-corrected chi connectivity index (χ0v) is 16.6. The van der Waals surface area contributed by atoms with Gasteiger partial charge >= 0.3 is 0 Å². The van der Waals surface area contributed by atoms with Crippen molar-refractivity contribution >= 4 is 28.3 Å². The molecule has 1 amide bonds. The normalized spacial score (nSPS) is 26.0. The monoisotopic (exact) mass is 400 g/mol. The number of nitrogens with zero attached hydrogens (tertiary/aromatic N) is 3. The van der Waals surface area contributed by atoms with Crippen molar-refractivity contribution in [2.75, 3.05) is 39.3 Å². The van der Waals surface area contributed by atoms with Gasteiger partial charge < -0.3 is 14.6 Å². The fraction of sp³-hybridized carbons (Fsp3) is 0.625. The second-order valence-corrected chi connectivity index (χ2v) is 9.02. The number of piperazine rings is 1. The first-order valence-electron chi connectivity index (χ1n) is 8.66. The lowest BCUT2D eigenvalue weighted by atomic mass is 10.2. The average molecular weight is 401 g/mol. The van der Waals surface area contributed by atoms with E-state index in [0.717, 1.165) is 0 Å². The minimum Gasteiger partial charge on any atom is -0.373 e. The molecule has 2 saturated heterocycles. The number of hydrogen-bond donors (Lipinski definition) is 1. The molecule has 26 heavy (non-hydrogen) atoms. The van der Waals surface area contributed by atoms with Gasteiger partial charge in [0.25, 0.3) is 16.1 Å². The van der Waals surface area contributed by atoms with Gasteiger partial charge in [0.05, 0.1) is 17.8 Å². The molecule has 0 aliphatic carbocycles. The van der Waals surface area contributed by atoms with E-state index in [9.17, 15) is 13.2 Å². The zero-order valence-electron chi connectivity index (χ0n) is 14.9. The highest BCUT2D eigenvalue weighted by Gasteiger charge is 2.37. The van der Waals surface area contributed by atoms with E-state index in [0.29, 0.717) is 36.4 Å². The van der Waals surface area contributed by atoms with Gasteiger partial charge in [0.1, 0.15) is 4.64 Å². The molecule has 3 rings (SSSR count). The summed E-state index contributed by atoms with van der Waals surface area (Å²) >= 11 is 5.16. The van der Waals surface area contributed by atoms with Gasteiger partial charge in [-0.3, -0.25) is 4.79 Å². The van der Waals surface area contributed by atoms with Gasteiger partial charge in [-0.1, -0.05) is 12.2 Å². The van der Waals surface area contributed by atoms with Crippen molar-refractivity contribution in [1.29, 1.82) is 0 Å². The lowest BCUT2D eigenvalue weighted by Crippen LogP contribution is -2.57. The fourth-order valence-electron chi connectivity index (χ4n) is 3.36. The van der Waals surface area contributed by atoms with Crippen LogP contribution in [0.2, 0.25) is 0 Å². The van der Waals surface area contributed by atoms with Gasteiger partial charge in [-0.05, 0) is 26.0 Å². The van der Waals surface area contributed by atoms with Crippen molar-refractivity contribution in [2.24, 2.45) is 0 Å². The van der Waals surface area contributed by atoms with Crippen LogP contribution >= 0.6 is 12.2 Å². The fourth-order valence-corrected chi connectivity index (χ4v) is 5.34. The molecular formula is C16H24N4O4S2. The molecule has 2 fully saturated rings. The Balaban J connectivity index is 1.65. The largest absolute Gasteiger partial charge is 0.373 e. The SMILES string of the molecule is C[C@H]1CN(S(=O)(=O)N2CCN(C(=O)c3ccc[nH]c3=S)CC2)C[C@H](C)O1. The summed E-state index contributed by atoms with van der Waals surface area (Å²) in [6.07, 6.45) is 1.42. The Bertz CT molecular complexity index is 808. The van der Waals surface area contributed by atoms with Crippen molar-refractivity contribution in [3.63, 3.8) is 0 Å². The second-order valence-electron chi connectivity index (χ2n) is 6.69.